The maximum atomic E-state index is 11.6. The molecule has 19 heavy (non-hydrogen) atoms. The number of hydrogen-bond acceptors (Lipinski definition) is 4. The van der Waals surface area contributed by atoms with Gasteiger partial charge < -0.3 is 15.4 Å². The molecule has 1 aliphatic heterocycles. The number of carbonyl (C=O) groups is 2. The third kappa shape index (κ3) is 6.59. The standard InChI is InChI=1S/C13H21N3O3/c1-13(2,3)19-12(18)16-9-8-15-11(17)10-6-4-5-7-14-10/h4,6H,5,7-9H2,1-3H3,(H,15,17)(H,16,18). The molecule has 2 amide bonds. The SMILES string of the molecule is CC(C)(C)OC(=O)NCCNC(=O)C1=NCCC=C1. The Kier molecular flexibility index (Phi) is 5.54. The van der Waals surface area contributed by atoms with E-state index in [4.69, 9.17) is 4.74 Å². The molecular weight excluding hydrogens is 246 g/mol. The highest BCUT2D eigenvalue weighted by molar-refractivity contribution is 6.43. The van der Waals surface area contributed by atoms with Crippen molar-refractivity contribution in [2.75, 3.05) is 19.6 Å². The summed E-state index contributed by atoms with van der Waals surface area (Å²) in [5.41, 5.74) is -0.0851. The lowest BCUT2D eigenvalue weighted by molar-refractivity contribution is -0.114. The average Bonchev–Trinajstić information content (AvgIpc) is 2.33. The van der Waals surface area contributed by atoms with E-state index in [1.165, 1.54) is 0 Å². The molecule has 1 aliphatic rings. The molecule has 0 radical (unpaired) electrons. The summed E-state index contributed by atoms with van der Waals surface area (Å²) in [5.74, 6) is -0.220. The summed E-state index contributed by atoms with van der Waals surface area (Å²) < 4.78 is 5.06. The van der Waals surface area contributed by atoms with Gasteiger partial charge in [0.1, 0.15) is 11.3 Å². The van der Waals surface area contributed by atoms with E-state index in [2.05, 4.69) is 15.6 Å². The molecule has 0 atom stereocenters. The second kappa shape index (κ2) is 6.92. The van der Waals surface area contributed by atoms with Crippen molar-refractivity contribution in [3.8, 4) is 0 Å². The highest BCUT2D eigenvalue weighted by atomic mass is 16.6. The van der Waals surface area contributed by atoms with Gasteiger partial charge in [-0.15, -0.1) is 0 Å². The predicted molar refractivity (Wildman–Crippen MR) is 73.3 cm³/mol. The maximum absolute atomic E-state index is 11.6. The lowest BCUT2D eigenvalue weighted by Gasteiger charge is -2.19. The van der Waals surface area contributed by atoms with Gasteiger partial charge in [0.15, 0.2) is 0 Å². The minimum absolute atomic E-state index is 0.220. The van der Waals surface area contributed by atoms with E-state index in [-0.39, 0.29) is 5.91 Å². The van der Waals surface area contributed by atoms with Crippen LogP contribution in [0.3, 0.4) is 0 Å². The number of hydrogen-bond donors (Lipinski definition) is 2. The van der Waals surface area contributed by atoms with Crippen LogP contribution in [-0.4, -0.2) is 42.9 Å². The number of nitrogens with one attached hydrogen (secondary N) is 2. The zero-order valence-electron chi connectivity index (χ0n) is 11.7. The van der Waals surface area contributed by atoms with E-state index < -0.39 is 11.7 Å². The molecular formula is C13H21N3O3. The fourth-order valence-corrected chi connectivity index (χ4v) is 1.40. The number of rotatable bonds is 4. The van der Waals surface area contributed by atoms with Gasteiger partial charge in [-0.05, 0) is 33.3 Å². The van der Waals surface area contributed by atoms with E-state index in [0.29, 0.717) is 25.3 Å². The van der Waals surface area contributed by atoms with Gasteiger partial charge in [0.2, 0.25) is 0 Å². The van der Waals surface area contributed by atoms with Crippen molar-refractivity contribution in [3.63, 3.8) is 0 Å². The first-order chi connectivity index (χ1) is 8.88. The van der Waals surface area contributed by atoms with E-state index in [1.807, 2.05) is 6.08 Å². The molecule has 0 fully saturated rings. The second-order valence-electron chi connectivity index (χ2n) is 5.14. The van der Waals surface area contributed by atoms with Crippen molar-refractivity contribution >= 4 is 17.7 Å². The van der Waals surface area contributed by atoms with E-state index in [9.17, 15) is 9.59 Å². The molecule has 0 aromatic carbocycles. The van der Waals surface area contributed by atoms with E-state index in [0.717, 1.165) is 6.42 Å². The molecule has 0 aromatic rings. The normalized spacial score (nSPS) is 14.6. The fourth-order valence-electron chi connectivity index (χ4n) is 1.40. The van der Waals surface area contributed by atoms with Crippen molar-refractivity contribution in [1.29, 1.82) is 0 Å². The summed E-state index contributed by atoms with van der Waals surface area (Å²) in [6.07, 6.45) is 4.01. The highest BCUT2D eigenvalue weighted by Gasteiger charge is 2.15. The first-order valence-corrected chi connectivity index (χ1v) is 6.34. The van der Waals surface area contributed by atoms with Crippen LogP contribution in [0.25, 0.3) is 0 Å². The number of nitrogens with zero attached hydrogens (tertiary/aromatic N) is 1. The number of amides is 2. The van der Waals surface area contributed by atoms with Crippen molar-refractivity contribution in [1.82, 2.24) is 10.6 Å². The molecule has 0 saturated carbocycles. The Balaban J connectivity index is 2.17. The molecule has 6 heteroatoms. The van der Waals surface area contributed by atoms with Crippen LogP contribution in [0.4, 0.5) is 4.79 Å². The number of alkyl carbamates (subject to hydrolysis) is 1. The zero-order chi connectivity index (χ0) is 14.3. The Morgan fingerprint density at radius 1 is 1.32 bits per heavy atom. The lowest BCUT2D eigenvalue weighted by atomic mass is 10.2. The van der Waals surface area contributed by atoms with Gasteiger partial charge in [0.05, 0.1) is 0 Å². The Hall–Kier alpha value is -1.85. The molecule has 0 saturated heterocycles. The van der Waals surface area contributed by atoms with Crippen LogP contribution < -0.4 is 10.6 Å². The molecule has 0 bridgehead atoms. The number of dihydropyridines is 1. The Bertz CT molecular complexity index is 394. The predicted octanol–water partition coefficient (Wildman–Crippen LogP) is 1.03. The second-order valence-corrected chi connectivity index (χ2v) is 5.14. The minimum Gasteiger partial charge on any atom is -0.444 e. The molecule has 1 rings (SSSR count). The van der Waals surface area contributed by atoms with Crippen molar-refractivity contribution in [2.45, 2.75) is 32.8 Å². The number of aliphatic imine (C=N–C) groups is 1. The molecule has 106 valence electrons. The van der Waals surface area contributed by atoms with Gasteiger partial charge in [-0.25, -0.2) is 4.79 Å². The average molecular weight is 267 g/mol. The van der Waals surface area contributed by atoms with E-state index in [1.54, 1.807) is 26.8 Å². The first kappa shape index (κ1) is 15.2. The Labute approximate surface area is 113 Å². The summed E-state index contributed by atoms with van der Waals surface area (Å²) >= 11 is 0. The summed E-state index contributed by atoms with van der Waals surface area (Å²) in [4.78, 5) is 27.1. The van der Waals surface area contributed by atoms with Gasteiger partial charge >= 0.3 is 6.09 Å². The van der Waals surface area contributed by atoms with Gasteiger partial charge in [0.25, 0.3) is 5.91 Å². The monoisotopic (exact) mass is 267 g/mol. The van der Waals surface area contributed by atoms with Crippen LogP contribution >= 0.6 is 0 Å². The summed E-state index contributed by atoms with van der Waals surface area (Å²) in [6.45, 7) is 6.68. The molecule has 0 spiro atoms. The molecule has 0 aliphatic carbocycles. The first-order valence-electron chi connectivity index (χ1n) is 6.34. The smallest absolute Gasteiger partial charge is 0.407 e. The van der Waals surface area contributed by atoms with Crippen molar-refractivity contribution in [3.05, 3.63) is 12.2 Å². The van der Waals surface area contributed by atoms with Gasteiger partial charge in [-0.2, -0.15) is 0 Å². The maximum Gasteiger partial charge on any atom is 0.407 e. The van der Waals surface area contributed by atoms with Crippen LogP contribution in [0, 0.1) is 0 Å². The molecule has 6 nitrogen and oxygen atoms in total. The zero-order valence-corrected chi connectivity index (χ0v) is 11.7. The Morgan fingerprint density at radius 3 is 2.58 bits per heavy atom. The molecule has 0 aromatic heterocycles. The van der Waals surface area contributed by atoms with Gasteiger partial charge in [-0.1, -0.05) is 6.08 Å². The topological polar surface area (TPSA) is 79.8 Å². The molecule has 1 heterocycles. The number of carbonyl (C=O) groups excluding carboxylic acids is 2. The van der Waals surface area contributed by atoms with Gasteiger partial charge in [0, 0.05) is 19.6 Å². The van der Waals surface area contributed by atoms with Crippen molar-refractivity contribution < 1.29 is 14.3 Å². The minimum atomic E-state index is -0.519. The largest absolute Gasteiger partial charge is 0.444 e. The summed E-state index contributed by atoms with van der Waals surface area (Å²) in [7, 11) is 0. The Morgan fingerprint density at radius 2 is 2.00 bits per heavy atom. The summed E-state index contributed by atoms with van der Waals surface area (Å²) in [6, 6.07) is 0. The van der Waals surface area contributed by atoms with Crippen LogP contribution in [0.2, 0.25) is 0 Å². The fraction of sp³-hybridized carbons (Fsp3) is 0.615. The third-order valence-electron chi connectivity index (χ3n) is 2.17. The van der Waals surface area contributed by atoms with Crippen LogP contribution in [0.1, 0.15) is 27.2 Å². The van der Waals surface area contributed by atoms with Gasteiger partial charge in [-0.3, -0.25) is 9.79 Å². The van der Waals surface area contributed by atoms with Crippen LogP contribution in [0.15, 0.2) is 17.1 Å². The van der Waals surface area contributed by atoms with Crippen LogP contribution in [0.5, 0.6) is 0 Å². The third-order valence-corrected chi connectivity index (χ3v) is 2.17. The molecule has 0 unspecified atom stereocenters. The number of ether oxygens (including phenoxy) is 1. The van der Waals surface area contributed by atoms with Crippen molar-refractivity contribution in [2.24, 2.45) is 4.99 Å². The van der Waals surface area contributed by atoms with E-state index >= 15 is 0 Å². The highest BCUT2D eigenvalue weighted by Crippen LogP contribution is 2.05. The summed E-state index contributed by atoms with van der Waals surface area (Å²) in [5, 5.41) is 5.24. The molecule has 2 N–H and O–H groups in total. The quantitative estimate of drug-likeness (QED) is 0.747. The van der Waals surface area contributed by atoms with Crippen LogP contribution in [-0.2, 0) is 9.53 Å². The lowest BCUT2D eigenvalue weighted by Crippen LogP contribution is -2.39.